The second-order valence-electron chi connectivity index (χ2n) is 3.37. The van der Waals surface area contributed by atoms with Crippen LogP contribution in [0.5, 0.6) is 0 Å². The van der Waals surface area contributed by atoms with Crippen molar-refractivity contribution in [3.63, 3.8) is 0 Å². The Morgan fingerprint density at radius 1 is 0.944 bits per heavy atom. The van der Waals surface area contributed by atoms with Crippen LogP contribution in [0.2, 0.25) is 0 Å². The molecule has 0 unspecified atom stereocenters. The van der Waals surface area contributed by atoms with Gasteiger partial charge in [0.1, 0.15) is 0 Å². The van der Waals surface area contributed by atoms with E-state index >= 15 is 0 Å². The topological polar surface area (TPSA) is 0 Å². The first kappa shape index (κ1) is 15.6. The van der Waals surface area contributed by atoms with Crippen LogP contribution in [0.3, 0.4) is 0 Å². The van der Waals surface area contributed by atoms with Gasteiger partial charge in [0.05, 0.1) is 5.56 Å². The molecular weight excluding hydrogens is 405 g/mol. The first-order valence-corrected chi connectivity index (χ1v) is 14.0. The van der Waals surface area contributed by atoms with E-state index in [4.69, 9.17) is 0 Å². The van der Waals surface area contributed by atoms with Crippen LogP contribution in [0.1, 0.15) is 5.56 Å². The van der Waals surface area contributed by atoms with E-state index in [1.807, 2.05) is 6.07 Å². The summed E-state index contributed by atoms with van der Waals surface area (Å²) in [5, 5.41) is 0. The predicted molar refractivity (Wildman–Crippen MR) is 69.7 cm³/mol. The Kier molecular flexibility index (Phi) is 6.29. The zero-order valence-electron chi connectivity index (χ0n) is 9.34. The van der Waals surface area contributed by atoms with Crippen LogP contribution >= 0.6 is 19.8 Å². The molecule has 90 valence electrons. The third-order valence-electron chi connectivity index (χ3n) is 2.25. The number of hydrogen-bond acceptors (Lipinski definition) is 0. The number of benzene rings is 2. The molecule has 0 fully saturated rings. The summed E-state index contributed by atoms with van der Waals surface area (Å²) in [7, 11) is 0. The molecule has 0 N–H and O–H groups in total. The molecule has 0 aliphatic rings. The summed E-state index contributed by atoms with van der Waals surface area (Å²) in [5.74, 6) is 0. The van der Waals surface area contributed by atoms with Crippen LogP contribution in [0, 0.1) is 6.07 Å². The Morgan fingerprint density at radius 2 is 1.56 bits per heavy atom. The summed E-state index contributed by atoms with van der Waals surface area (Å²) in [6.45, 7) is 0. The van der Waals surface area contributed by atoms with E-state index in [0.717, 1.165) is 23.3 Å². The number of rotatable bonds is 1. The summed E-state index contributed by atoms with van der Waals surface area (Å²) in [6, 6.07) is 15.1. The molecule has 0 heterocycles. The van der Waals surface area contributed by atoms with Gasteiger partial charge in [-0.2, -0.15) is 43.5 Å². The van der Waals surface area contributed by atoms with E-state index in [2.05, 4.69) is 25.8 Å². The van der Waals surface area contributed by atoms with Gasteiger partial charge in [0, 0.05) is 0 Å². The van der Waals surface area contributed by atoms with E-state index in [-0.39, 0.29) is 0 Å². The summed E-state index contributed by atoms with van der Waals surface area (Å²) < 4.78 is 36.9. The fraction of sp³-hybridized carbons (Fsp3) is 0.0769. The molecule has 0 aliphatic heterocycles. The minimum absolute atomic E-state index is 0.629. The molecule has 0 aliphatic carbocycles. The van der Waals surface area contributed by atoms with Crippen LogP contribution in [-0.4, -0.2) is 0 Å². The van der Waals surface area contributed by atoms with Crippen molar-refractivity contribution < 1.29 is 28.0 Å². The van der Waals surface area contributed by atoms with Crippen LogP contribution in [0.25, 0.3) is 11.1 Å². The Morgan fingerprint density at radius 3 is 2.00 bits per heavy atom. The van der Waals surface area contributed by atoms with Crippen LogP contribution < -0.4 is 0 Å². The van der Waals surface area contributed by atoms with E-state index in [1.54, 1.807) is 18.2 Å². The van der Waals surface area contributed by atoms with Gasteiger partial charge < -0.3 is 0 Å². The third-order valence-corrected chi connectivity index (χ3v) is 2.25. The zero-order chi connectivity index (χ0) is 13.6. The standard InChI is InChI=1S/C13H8F3.HI.Zn/c14-13(15,16)12-8-6-11(7-9-12)10-4-2-1-3-5-10;;/h1-2,4-9H;1H;/q-1;;+2/p-1. The van der Waals surface area contributed by atoms with E-state index in [1.165, 1.54) is 26.9 Å². The summed E-state index contributed by atoms with van der Waals surface area (Å²) >= 11 is 3.62. The molecule has 18 heavy (non-hydrogen) atoms. The van der Waals surface area contributed by atoms with Gasteiger partial charge in [-0.25, -0.2) is 0 Å². The fourth-order valence-corrected chi connectivity index (χ4v) is 1.42. The van der Waals surface area contributed by atoms with Gasteiger partial charge in [0.2, 0.25) is 0 Å². The van der Waals surface area contributed by atoms with E-state index in [9.17, 15) is 13.2 Å². The van der Waals surface area contributed by atoms with Gasteiger partial charge in [0.15, 0.2) is 0 Å². The number of halogens is 4. The molecule has 0 spiro atoms. The summed E-state index contributed by atoms with van der Waals surface area (Å²) in [5.41, 5.74) is 0.984. The van der Waals surface area contributed by atoms with Crippen molar-refractivity contribution in [3.8, 4) is 11.1 Å². The van der Waals surface area contributed by atoms with Crippen LogP contribution in [0.15, 0.2) is 48.5 Å². The third kappa shape index (κ3) is 4.36. The number of alkyl halides is 3. The van der Waals surface area contributed by atoms with Gasteiger partial charge in [-0.15, -0.1) is 5.56 Å². The van der Waals surface area contributed by atoms with Crippen molar-refractivity contribution in [2.24, 2.45) is 0 Å². The van der Waals surface area contributed by atoms with Crippen molar-refractivity contribution in [2.45, 2.75) is 6.18 Å². The van der Waals surface area contributed by atoms with Gasteiger partial charge in [-0.1, -0.05) is 29.8 Å². The molecule has 5 heteroatoms. The molecule has 0 saturated heterocycles. The van der Waals surface area contributed by atoms with Crippen molar-refractivity contribution >= 4 is 19.8 Å². The minimum atomic E-state index is -4.28. The Balaban J connectivity index is 0.000000771. The van der Waals surface area contributed by atoms with Crippen molar-refractivity contribution in [1.29, 1.82) is 0 Å². The zero-order valence-corrected chi connectivity index (χ0v) is 14.5. The van der Waals surface area contributed by atoms with Crippen molar-refractivity contribution in [1.82, 2.24) is 0 Å². The van der Waals surface area contributed by atoms with Crippen LogP contribution in [-0.2, 0) is 21.0 Å². The molecule has 0 nitrogen and oxygen atoms in total. The molecule has 2 aromatic carbocycles. The second-order valence-corrected chi connectivity index (χ2v) is 3.37. The Hall–Kier alpha value is -0.417. The average Bonchev–Trinajstić information content (AvgIpc) is 2.41. The normalized spacial score (nSPS) is 10.6. The fourth-order valence-electron chi connectivity index (χ4n) is 1.42. The molecule has 2 aromatic rings. The monoisotopic (exact) mass is 412 g/mol. The first-order chi connectivity index (χ1) is 8.57. The molecule has 0 radical (unpaired) electrons. The SMILES string of the molecule is FC(F)(F)c1ccc(-c2c[c-]ccc2)cc1.[Zn+][I]. The van der Waals surface area contributed by atoms with Gasteiger partial charge in [-0.05, 0) is 0 Å². The summed E-state index contributed by atoms with van der Waals surface area (Å²) in [4.78, 5) is 0. The van der Waals surface area contributed by atoms with Crippen LogP contribution in [0.4, 0.5) is 13.2 Å². The maximum absolute atomic E-state index is 12.3. The second kappa shape index (κ2) is 7.24. The molecule has 2 rings (SSSR count). The average molecular weight is 413 g/mol. The van der Waals surface area contributed by atoms with Gasteiger partial charge in [0.25, 0.3) is 0 Å². The van der Waals surface area contributed by atoms with Crippen molar-refractivity contribution in [3.05, 3.63) is 60.2 Å². The Labute approximate surface area is 124 Å². The predicted octanol–water partition coefficient (Wildman–Crippen LogP) is 5.06. The quantitative estimate of drug-likeness (QED) is 0.348. The molecule has 0 atom stereocenters. The molecule has 0 bridgehead atoms. The summed E-state index contributed by atoms with van der Waals surface area (Å²) in [6.07, 6.45) is -4.28. The van der Waals surface area contributed by atoms with Gasteiger partial charge in [-0.3, -0.25) is 0 Å². The number of hydrogen-bond donors (Lipinski definition) is 0. The van der Waals surface area contributed by atoms with E-state index < -0.39 is 11.7 Å². The maximum atomic E-state index is 12.3. The van der Waals surface area contributed by atoms with E-state index in [0.29, 0.717) is 0 Å². The van der Waals surface area contributed by atoms with Gasteiger partial charge >= 0.3 is 40.7 Å². The first-order valence-electron chi connectivity index (χ1n) is 4.98. The molecule has 0 amide bonds. The van der Waals surface area contributed by atoms with Crippen molar-refractivity contribution in [2.75, 3.05) is 0 Å². The molecular formula is C13H8F3IZn. The molecule has 0 aromatic heterocycles. The Bertz CT molecular complexity index is 466. The molecule has 0 saturated carbocycles.